The fraction of sp³-hybridized carbons (Fsp3) is 0.333. The summed E-state index contributed by atoms with van der Waals surface area (Å²) in [6.07, 6.45) is -0.190. The van der Waals surface area contributed by atoms with Crippen LogP contribution in [0.5, 0.6) is 5.75 Å². The first-order valence-corrected chi connectivity index (χ1v) is 8.48. The van der Waals surface area contributed by atoms with Crippen molar-refractivity contribution in [2.45, 2.75) is 38.6 Å². The summed E-state index contributed by atoms with van der Waals surface area (Å²) in [7, 11) is 1.53. The predicted octanol–water partition coefficient (Wildman–Crippen LogP) is 3.94. The molecule has 1 atom stereocenters. The van der Waals surface area contributed by atoms with E-state index in [1.54, 1.807) is 24.3 Å². The summed E-state index contributed by atoms with van der Waals surface area (Å²) in [6.45, 7) is 6.34. The Morgan fingerprint density at radius 1 is 1.12 bits per heavy atom. The lowest BCUT2D eigenvalue weighted by molar-refractivity contribution is -0.137. The zero-order valence-corrected chi connectivity index (χ0v) is 15.6. The van der Waals surface area contributed by atoms with E-state index in [-0.39, 0.29) is 17.7 Å². The maximum Gasteiger partial charge on any atom is 0.305 e. The van der Waals surface area contributed by atoms with E-state index in [0.29, 0.717) is 11.3 Å². The molecular weight excluding hydrogens is 330 g/mol. The summed E-state index contributed by atoms with van der Waals surface area (Å²) < 4.78 is 5.13. The molecule has 0 aliphatic carbocycles. The fourth-order valence-corrected chi connectivity index (χ4v) is 2.65. The minimum Gasteiger partial charge on any atom is -0.497 e. The Morgan fingerprint density at radius 2 is 1.77 bits per heavy atom. The largest absolute Gasteiger partial charge is 0.497 e. The van der Waals surface area contributed by atoms with E-state index in [9.17, 15) is 14.7 Å². The lowest BCUT2D eigenvalue weighted by Crippen LogP contribution is -2.30. The second-order valence-corrected chi connectivity index (χ2v) is 7.23. The van der Waals surface area contributed by atoms with Gasteiger partial charge in [-0.1, -0.05) is 51.1 Å². The Balaban J connectivity index is 2.24. The number of aliphatic carboxylic acids is 1. The van der Waals surface area contributed by atoms with Gasteiger partial charge < -0.3 is 15.2 Å². The van der Waals surface area contributed by atoms with E-state index in [2.05, 4.69) is 26.1 Å². The predicted molar refractivity (Wildman–Crippen MR) is 101 cm³/mol. The number of carbonyl (C=O) groups is 2. The molecule has 1 amide bonds. The van der Waals surface area contributed by atoms with Crippen molar-refractivity contribution in [2.24, 2.45) is 0 Å². The van der Waals surface area contributed by atoms with Crippen LogP contribution in [0.1, 0.15) is 54.7 Å². The van der Waals surface area contributed by atoms with Gasteiger partial charge >= 0.3 is 5.97 Å². The van der Waals surface area contributed by atoms with Gasteiger partial charge in [-0.3, -0.25) is 9.59 Å². The Hall–Kier alpha value is -2.82. The second-order valence-electron chi connectivity index (χ2n) is 7.23. The van der Waals surface area contributed by atoms with Gasteiger partial charge in [0.2, 0.25) is 0 Å². The zero-order chi connectivity index (χ0) is 19.3. The van der Waals surface area contributed by atoms with E-state index >= 15 is 0 Å². The molecule has 0 heterocycles. The topological polar surface area (TPSA) is 75.6 Å². The summed E-state index contributed by atoms with van der Waals surface area (Å²) >= 11 is 0. The van der Waals surface area contributed by atoms with Crippen LogP contribution in [0.2, 0.25) is 0 Å². The summed E-state index contributed by atoms with van der Waals surface area (Å²) in [4.78, 5) is 23.8. The highest BCUT2D eigenvalue weighted by atomic mass is 16.5. The smallest absolute Gasteiger partial charge is 0.305 e. The Morgan fingerprint density at radius 3 is 2.31 bits per heavy atom. The molecule has 5 nitrogen and oxygen atoms in total. The Bertz CT molecular complexity index is 775. The van der Waals surface area contributed by atoms with Crippen LogP contribution in [-0.4, -0.2) is 24.1 Å². The molecule has 0 radical (unpaired) electrons. The molecule has 5 heteroatoms. The number of hydrogen-bond acceptors (Lipinski definition) is 3. The summed E-state index contributed by atoms with van der Waals surface area (Å²) in [5.74, 6) is -0.738. The number of rotatable bonds is 6. The van der Waals surface area contributed by atoms with Gasteiger partial charge in [-0.25, -0.2) is 0 Å². The number of benzene rings is 2. The van der Waals surface area contributed by atoms with E-state index in [1.807, 2.05) is 24.3 Å². The third-order valence-corrected chi connectivity index (χ3v) is 4.20. The number of nitrogens with one attached hydrogen (secondary N) is 1. The number of methoxy groups -OCH3 is 1. The van der Waals surface area contributed by atoms with Crippen LogP contribution >= 0.6 is 0 Å². The fourth-order valence-electron chi connectivity index (χ4n) is 2.65. The molecule has 0 saturated carbocycles. The molecule has 0 aromatic heterocycles. The minimum atomic E-state index is -0.971. The van der Waals surface area contributed by atoms with Crippen LogP contribution in [0.3, 0.4) is 0 Å². The summed E-state index contributed by atoms with van der Waals surface area (Å²) in [5.41, 5.74) is 2.34. The molecule has 2 aromatic carbocycles. The van der Waals surface area contributed by atoms with Crippen molar-refractivity contribution in [3.05, 3.63) is 65.2 Å². The van der Waals surface area contributed by atoms with Gasteiger partial charge in [0.15, 0.2) is 0 Å². The minimum absolute atomic E-state index is 0.00463. The molecule has 0 bridgehead atoms. The third kappa shape index (κ3) is 5.09. The first kappa shape index (κ1) is 19.5. The van der Waals surface area contributed by atoms with Crippen LogP contribution in [0.25, 0.3) is 0 Å². The lowest BCUT2D eigenvalue weighted by atomic mass is 9.86. The van der Waals surface area contributed by atoms with Crippen molar-refractivity contribution in [3.8, 4) is 5.75 Å². The molecule has 0 fully saturated rings. The standard InChI is InChI=1S/C21H25NO4/c1-21(2,3)16-10-8-14(9-11-16)18(13-19(23)24)22-20(25)15-6-5-7-17(12-15)26-4/h5-12,18H,13H2,1-4H3,(H,22,25)(H,23,24)/t18-/m0/s1. The van der Waals surface area contributed by atoms with Gasteiger partial charge in [-0.2, -0.15) is 0 Å². The summed E-state index contributed by atoms with van der Waals surface area (Å²) in [6, 6.07) is 13.8. The van der Waals surface area contributed by atoms with Crippen molar-refractivity contribution in [2.75, 3.05) is 7.11 Å². The van der Waals surface area contributed by atoms with Crippen molar-refractivity contribution >= 4 is 11.9 Å². The van der Waals surface area contributed by atoms with E-state index in [4.69, 9.17) is 4.74 Å². The van der Waals surface area contributed by atoms with Gasteiger partial charge in [0.25, 0.3) is 5.91 Å². The molecule has 0 spiro atoms. The molecule has 0 aliphatic rings. The van der Waals surface area contributed by atoms with Crippen molar-refractivity contribution in [1.29, 1.82) is 0 Å². The Labute approximate surface area is 154 Å². The lowest BCUT2D eigenvalue weighted by Gasteiger charge is -2.22. The van der Waals surface area contributed by atoms with Crippen LogP contribution in [0, 0.1) is 0 Å². The highest BCUT2D eigenvalue weighted by Crippen LogP contribution is 2.25. The van der Waals surface area contributed by atoms with Crippen LogP contribution in [0.15, 0.2) is 48.5 Å². The monoisotopic (exact) mass is 355 g/mol. The number of carboxylic acids is 1. The highest BCUT2D eigenvalue weighted by Gasteiger charge is 2.20. The molecule has 26 heavy (non-hydrogen) atoms. The third-order valence-electron chi connectivity index (χ3n) is 4.20. The van der Waals surface area contributed by atoms with Crippen molar-refractivity contribution < 1.29 is 19.4 Å². The van der Waals surface area contributed by atoms with Gasteiger partial charge in [0.05, 0.1) is 19.6 Å². The number of carboxylic acid groups (broad SMARTS) is 1. The second kappa shape index (κ2) is 8.04. The van der Waals surface area contributed by atoms with E-state index in [0.717, 1.165) is 11.1 Å². The maximum atomic E-state index is 12.5. The first-order valence-electron chi connectivity index (χ1n) is 8.48. The molecule has 0 saturated heterocycles. The van der Waals surface area contributed by atoms with E-state index < -0.39 is 12.0 Å². The average Bonchev–Trinajstić information content (AvgIpc) is 2.60. The zero-order valence-electron chi connectivity index (χ0n) is 15.6. The van der Waals surface area contributed by atoms with Gasteiger partial charge in [0, 0.05) is 5.56 Å². The average molecular weight is 355 g/mol. The first-order chi connectivity index (χ1) is 12.2. The molecule has 2 rings (SSSR count). The maximum absolute atomic E-state index is 12.5. The van der Waals surface area contributed by atoms with E-state index in [1.165, 1.54) is 7.11 Å². The highest BCUT2D eigenvalue weighted by molar-refractivity contribution is 5.95. The summed E-state index contributed by atoms with van der Waals surface area (Å²) in [5, 5.41) is 12.0. The van der Waals surface area contributed by atoms with Crippen LogP contribution in [-0.2, 0) is 10.2 Å². The molecule has 2 N–H and O–H groups in total. The van der Waals surface area contributed by atoms with Crippen molar-refractivity contribution in [1.82, 2.24) is 5.32 Å². The molecular formula is C21H25NO4. The molecule has 2 aromatic rings. The van der Waals surface area contributed by atoms with Gasteiger partial charge in [-0.05, 0) is 34.7 Å². The molecule has 0 unspecified atom stereocenters. The number of carbonyl (C=O) groups excluding carboxylic acids is 1. The number of amides is 1. The van der Waals surface area contributed by atoms with Gasteiger partial charge in [0.1, 0.15) is 5.75 Å². The SMILES string of the molecule is COc1cccc(C(=O)N[C@@H](CC(=O)O)c2ccc(C(C)(C)C)cc2)c1. The molecule has 0 aliphatic heterocycles. The van der Waals surface area contributed by atoms with Crippen molar-refractivity contribution in [3.63, 3.8) is 0 Å². The van der Waals surface area contributed by atoms with Gasteiger partial charge in [-0.15, -0.1) is 0 Å². The molecule has 138 valence electrons. The quantitative estimate of drug-likeness (QED) is 0.823. The van der Waals surface area contributed by atoms with Crippen LogP contribution in [0.4, 0.5) is 0 Å². The number of ether oxygens (including phenoxy) is 1. The number of hydrogen-bond donors (Lipinski definition) is 2. The normalized spacial score (nSPS) is 12.3. The van der Waals surface area contributed by atoms with Crippen LogP contribution < -0.4 is 10.1 Å². The Kier molecular flexibility index (Phi) is 6.03.